The summed E-state index contributed by atoms with van der Waals surface area (Å²) in [7, 11) is 4.19. The molecule has 19 heavy (non-hydrogen) atoms. The first-order valence-electron chi connectivity index (χ1n) is 7.10. The molecule has 1 fully saturated rings. The van der Waals surface area contributed by atoms with Crippen molar-refractivity contribution in [3.63, 3.8) is 0 Å². The van der Waals surface area contributed by atoms with Gasteiger partial charge in [-0.3, -0.25) is 4.90 Å². The van der Waals surface area contributed by atoms with Crippen molar-refractivity contribution in [2.75, 3.05) is 32.1 Å². The van der Waals surface area contributed by atoms with E-state index in [1.807, 2.05) is 7.05 Å². The van der Waals surface area contributed by atoms with Gasteiger partial charge in [-0.1, -0.05) is 0 Å². The first-order valence-corrected chi connectivity index (χ1v) is 7.10. The van der Waals surface area contributed by atoms with Gasteiger partial charge in [0, 0.05) is 37.4 Å². The second kappa shape index (κ2) is 5.88. The van der Waals surface area contributed by atoms with E-state index in [2.05, 4.69) is 55.1 Å². The van der Waals surface area contributed by atoms with Crippen LogP contribution in [0.2, 0.25) is 0 Å². The summed E-state index contributed by atoms with van der Waals surface area (Å²) in [4.78, 5) is 9.58. The maximum atomic E-state index is 4.71. The van der Waals surface area contributed by atoms with Gasteiger partial charge in [0.25, 0.3) is 0 Å². The van der Waals surface area contributed by atoms with E-state index in [1.165, 1.54) is 5.56 Å². The van der Waals surface area contributed by atoms with Crippen molar-refractivity contribution in [2.45, 2.75) is 39.4 Å². The summed E-state index contributed by atoms with van der Waals surface area (Å²) in [5, 5.41) is 3.21. The van der Waals surface area contributed by atoms with Crippen LogP contribution in [0.3, 0.4) is 0 Å². The molecule has 1 aromatic rings. The Morgan fingerprint density at radius 2 is 1.89 bits per heavy atom. The van der Waals surface area contributed by atoms with E-state index in [-0.39, 0.29) is 0 Å². The topological polar surface area (TPSA) is 31.4 Å². The van der Waals surface area contributed by atoms with E-state index in [9.17, 15) is 0 Å². The molecule has 0 saturated carbocycles. The first-order chi connectivity index (χ1) is 9.01. The van der Waals surface area contributed by atoms with Gasteiger partial charge in [0.05, 0.1) is 0 Å². The SMILES string of the molecule is CNCc1cc(C)nc(N2CC(C)N(C)C(C)C2)c1. The van der Waals surface area contributed by atoms with Gasteiger partial charge in [0.1, 0.15) is 5.82 Å². The molecular weight excluding hydrogens is 236 g/mol. The zero-order chi connectivity index (χ0) is 14.0. The minimum atomic E-state index is 0.568. The molecule has 1 N–H and O–H groups in total. The molecule has 1 aliphatic rings. The van der Waals surface area contributed by atoms with Gasteiger partial charge in [-0.2, -0.15) is 0 Å². The van der Waals surface area contributed by atoms with Crippen LogP contribution in [0.5, 0.6) is 0 Å². The van der Waals surface area contributed by atoms with Crippen LogP contribution >= 0.6 is 0 Å². The first kappa shape index (κ1) is 14.3. The number of rotatable bonds is 3. The molecule has 2 unspecified atom stereocenters. The summed E-state index contributed by atoms with van der Waals surface area (Å²) < 4.78 is 0. The second-order valence-electron chi connectivity index (χ2n) is 5.77. The molecule has 0 spiro atoms. The molecule has 0 bridgehead atoms. The molecule has 0 radical (unpaired) electrons. The van der Waals surface area contributed by atoms with Crippen molar-refractivity contribution >= 4 is 5.82 Å². The summed E-state index contributed by atoms with van der Waals surface area (Å²) in [6.45, 7) is 9.65. The molecule has 0 aliphatic carbocycles. The number of aryl methyl sites for hydroxylation is 1. The van der Waals surface area contributed by atoms with Crippen molar-refractivity contribution < 1.29 is 0 Å². The Hall–Kier alpha value is -1.13. The van der Waals surface area contributed by atoms with E-state index in [4.69, 9.17) is 4.98 Å². The minimum Gasteiger partial charge on any atom is -0.353 e. The Balaban J connectivity index is 2.21. The van der Waals surface area contributed by atoms with Crippen molar-refractivity contribution in [1.29, 1.82) is 0 Å². The van der Waals surface area contributed by atoms with E-state index in [0.717, 1.165) is 31.1 Å². The number of anilines is 1. The zero-order valence-corrected chi connectivity index (χ0v) is 12.8. The molecule has 2 rings (SSSR count). The maximum absolute atomic E-state index is 4.71. The molecule has 4 heteroatoms. The number of hydrogen-bond acceptors (Lipinski definition) is 4. The van der Waals surface area contributed by atoms with E-state index in [0.29, 0.717) is 12.1 Å². The van der Waals surface area contributed by atoms with E-state index in [1.54, 1.807) is 0 Å². The Labute approximate surface area is 116 Å². The van der Waals surface area contributed by atoms with Crippen molar-refractivity contribution in [1.82, 2.24) is 15.2 Å². The monoisotopic (exact) mass is 262 g/mol. The number of nitrogens with zero attached hydrogens (tertiary/aromatic N) is 3. The van der Waals surface area contributed by atoms with Crippen molar-refractivity contribution in [3.05, 3.63) is 23.4 Å². The normalized spacial score (nSPS) is 24.8. The Morgan fingerprint density at radius 1 is 1.26 bits per heavy atom. The predicted molar refractivity (Wildman–Crippen MR) is 80.6 cm³/mol. The van der Waals surface area contributed by atoms with Gasteiger partial charge < -0.3 is 10.2 Å². The number of aromatic nitrogens is 1. The molecule has 1 saturated heterocycles. The average molecular weight is 262 g/mol. The Kier molecular flexibility index (Phi) is 4.42. The lowest BCUT2D eigenvalue weighted by molar-refractivity contribution is 0.169. The van der Waals surface area contributed by atoms with Crippen LogP contribution in [-0.4, -0.2) is 49.2 Å². The number of pyridine rings is 1. The lowest BCUT2D eigenvalue weighted by Gasteiger charge is -2.43. The quantitative estimate of drug-likeness (QED) is 0.897. The van der Waals surface area contributed by atoms with Gasteiger partial charge >= 0.3 is 0 Å². The number of nitrogens with one attached hydrogen (secondary N) is 1. The molecule has 2 atom stereocenters. The lowest BCUT2D eigenvalue weighted by atomic mass is 10.1. The molecule has 106 valence electrons. The minimum absolute atomic E-state index is 0.568. The molecule has 1 aromatic heterocycles. The molecule has 4 nitrogen and oxygen atoms in total. The highest BCUT2D eigenvalue weighted by Gasteiger charge is 2.27. The fourth-order valence-electron chi connectivity index (χ4n) is 2.78. The third-order valence-corrected chi connectivity index (χ3v) is 4.06. The zero-order valence-electron chi connectivity index (χ0n) is 12.8. The van der Waals surface area contributed by atoms with Crippen LogP contribution in [0.25, 0.3) is 0 Å². The molecular formula is C15H26N4. The highest BCUT2D eigenvalue weighted by molar-refractivity contribution is 5.43. The number of hydrogen-bond donors (Lipinski definition) is 1. The van der Waals surface area contributed by atoms with Crippen LogP contribution in [0.1, 0.15) is 25.1 Å². The lowest BCUT2D eigenvalue weighted by Crippen LogP contribution is -2.55. The average Bonchev–Trinajstić information content (AvgIpc) is 2.35. The summed E-state index contributed by atoms with van der Waals surface area (Å²) in [6.07, 6.45) is 0. The third kappa shape index (κ3) is 3.25. The second-order valence-corrected chi connectivity index (χ2v) is 5.77. The summed E-state index contributed by atoms with van der Waals surface area (Å²) in [5.41, 5.74) is 2.41. The highest BCUT2D eigenvalue weighted by Crippen LogP contribution is 2.21. The van der Waals surface area contributed by atoms with Crippen LogP contribution in [0, 0.1) is 6.92 Å². The van der Waals surface area contributed by atoms with Gasteiger partial charge in [-0.05, 0) is 52.6 Å². The number of piperazine rings is 1. The van der Waals surface area contributed by atoms with Crippen LogP contribution in [-0.2, 0) is 6.54 Å². The predicted octanol–water partition coefficient (Wildman–Crippen LogP) is 1.64. The van der Waals surface area contributed by atoms with Crippen LogP contribution in [0.15, 0.2) is 12.1 Å². The summed E-state index contributed by atoms with van der Waals surface area (Å²) in [6, 6.07) is 5.51. The molecule has 0 amide bonds. The fourth-order valence-corrected chi connectivity index (χ4v) is 2.78. The maximum Gasteiger partial charge on any atom is 0.129 e. The molecule has 0 aromatic carbocycles. The Bertz CT molecular complexity index is 420. The fraction of sp³-hybridized carbons (Fsp3) is 0.667. The van der Waals surface area contributed by atoms with Gasteiger partial charge in [0.2, 0.25) is 0 Å². The van der Waals surface area contributed by atoms with Gasteiger partial charge in [-0.25, -0.2) is 4.98 Å². The third-order valence-electron chi connectivity index (χ3n) is 4.06. The summed E-state index contributed by atoms with van der Waals surface area (Å²) in [5.74, 6) is 1.12. The van der Waals surface area contributed by atoms with Gasteiger partial charge in [-0.15, -0.1) is 0 Å². The largest absolute Gasteiger partial charge is 0.353 e. The molecule has 1 aliphatic heterocycles. The number of likely N-dealkylation sites (N-methyl/N-ethyl adjacent to an activating group) is 1. The van der Waals surface area contributed by atoms with Crippen molar-refractivity contribution in [3.8, 4) is 0 Å². The van der Waals surface area contributed by atoms with Crippen molar-refractivity contribution in [2.24, 2.45) is 0 Å². The van der Waals surface area contributed by atoms with E-state index >= 15 is 0 Å². The van der Waals surface area contributed by atoms with Crippen LogP contribution in [0.4, 0.5) is 5.82 Å². The Morgan fingerprint density at radius 3 is 2.47 bits per heavy atom. The highest BCUT2D eigenvalue weighted by atomic mass is 15.3. The summed E-state index contributed by atoms with van der Waals surface area (Å²) >= 11 is 0. The van der Waals surface area contributed by atoms with E-state index < -0.39 is 0 Å². The standard InChI is InChI=1S/C15H26N4/c1-11-6-14(8-16-4)7-15(17-11)19-9-12(2)18(5)13(3)10-19/h6-7,12-13,16H,8-10H2,1-5H3. The smallest absolute Gasteiger partial charge is 0.129 e. The van der Waals surface area contributed by atoms with Crippen LogP contribution < -0.4 is 10.2 Å². The molecule has 2 heterocycles. The van der Waals surface area contributed by atoms with Gasteiger partial charge in [0.15, 0.2) is 0 Å².